The van der Waals surface area contributed by atoms with Gasteiger partial charge in [0, 0.05) is 32.1 Å². The molecule has 31 heavy (non-hydrogen) atoms. The number of furan rings is 1. The second kappa shape index (κ2) is 9.93. The molecular formula is C24H25N3O4. The summed E-state index contributed by atoms with van der Waals surface area (Å²) in [6.45, 7) is 1.11. The normalized spacial score (nSPS) is 16.0. The Bertz CT molecular complexity index is 1000. The molecule has 0 spiro atoms. The van der Waals surface area contributed by atoms with Crippen molar-refractivity contribution in [3.8, 4) is 11.5 Å². The molecule has 1 unspecified atom stereocenters. The van der Waals surface area contributed by atoms with Crippen molar-refractivity contribution in [2.45, 2.75) is 25.7 Å². The van der Waals surface area contributed by atoms with E-state index in [0.29, 0.717) is 43.1 Å². The fourth-order valence-electron chi connectivity index (χ4n) is 3.69. The third-order valence-electron chi connectivity index (χ3n) is 5.32. The highest BCUT2D eigenvalue weighted by Crippen LogP contribution is 2.30. The highest BCUT2D eigenvalue weighted by molar-refractivity contribution is 5.94. The van der Waals surface area contributed by atoms with E-state index in [1.165, 1.54) is 0 Å². The molecule has 3 heterocycles. The van der Waals surface area contributed by atoms with E-state index in [1.54, 1.807) is 47.8 Å². The standard InChI is InChI=1S/C24H25N3O4/c28-23(12-11-19-8-5-15-30-19)27-14-4-6-18(17-27)24(29)26-21-9-1-2-10-22(21)31-20-7-3-13-25-16-20/h1-3,5,7-10,13,15-16,18H,4,6,11-12,14,17H2,(H,26,29). The number of nitrogens with zero attached hydrogens (tertiary/aromatic N) is 2. The lowest BCUT2D eigenvalue weighted by atomic mass is 9.96. The van der Waals surface area contributed by atoms with E-state index in [1.807, 2.05) is 24.3 Å². The molecule has 3 aromatic rings. The lowest BCUT2D eigenvalue weighted by Crippen LogP contribution is -2.43. The molecule has 2 aromatic heterocycles. The molecule has 4 rings (SSSR count). The van der Waals surface area contributed by atoms with Gasteiger partial charge in [0.2, 0.25) is 11.8 Å². The molecular weight excluding hydrogens is 394 g/mol. The van der Waals surface area contributed by atoms with Gasteiger partial charge in [0.25, 0.3) is 0 Å². The Morgan fingerprint density at radius 1 is 1.16 bits per heavy atom. The van der Waals surface area contributed by atoms with Gasteiger partial charge in [-0.2, -0.15) is 0 Å². The Kier molecular flexibility index (Phi) is 6.62. The van der Waals surface area contributed by atoms with Gasteiger partial charge in [0.05, 0.1) is 24.1 Å². The van der Waals surface area contributed by atoms with E-state index in [0.717, 1.165) is 18.6 Å². The van der Waals surface area contributed by atoms with E-state index >= 15 is 0 Å². The van der Waals surface area contributed by atoms with Gasteiger partial charge in [0.15, 0.2) is 5.75 Å². The maximum atomic E-state index is 13.0. The van der Waals surface area contributed by atoms with Gasteiger partial charge in [-0.05, 0) is 49.2 Å². The number of piperidine rings is 1. The zero-order valence-electron chi connectivity index (χ0n) is 17.2. The van der Waals surface area contributed by atoms with Crippen molar-refractivity contribution < 1.29 is 18.7 Å². The summed E-state index contributed by atoms with van der Waals surface area (Å²) in [7, 11) is 0. The molecule has 1 saturated heterocycles. The number of anilines is 1. The highest BCUT2D eigenvalue weighted by Gasteiger charge is 2.28. The van der Waals surface area contributed by atoms with Crippen LogP contribution < -0.4 is 10.1 Å². The second-order valence-corrected chi connectivity index (χ2v) is 7.53. The van der Waals surface area contributed by atoms with Crippen LogP contribution in [-0.4, -0.2) is 34.8 Å². The Hall–Kier alpha value is -3.61. The highest BCUT2D eigenvalue weighted by atomic mass is 16.5. The van der Waals surface area contributed by atoms with Gasteiger partial charge < -0.3 is 19.4 Å². The smallest absolute Gasteiger partial charge is 0.229 e. The molecule has 1 aliphatic rings. The van der Waals surface area contributed by atoms with Crippen LogP contribution in [0.5, 0.6) is 11.5 Å². The predicted molar refractivity (Wildman–Crippen MR) is 116 cm³/mol. The molecule has 0 bridgehead atoms. The average molecular weight is 419 g/mol. The van der Waals surface area contributed by atoms with Crippen LogP contribution in [-0.2, 0) is 16.0 Å². The number of rotatable bonds is 7. The quantitative estimate of drug-likeness (QED) is 0.618. The molecule has 1 fully saturated rings. The van der Waals surface area contributed by atoms with E-state index in [-0.39, 0.29) is 17.7 Å². The topological polar surface area (TPSA) is 84.7 Å². The minimum absolute atomic E-state index is 0.0502. The molecule has 1 aliphatic heterocycles. The van der Waals surface area contributed by atoms with Crippen molar-refractivity contribution in [3.05, 3.63) is 72.9 Å². The monoisotopic (exact) mass is 419 g/mol. The first-order valence-electron chi connectivity index (χ1n) is 10.5. The molecule has 1 aromatic carbocycles. The number of carbonyl (C=O) groups is 2. The summed E-state index contributed by atoms with van der Waals surface area (Å²) in [6, 6.07) is 14.6. The fourth-order valence-corrected chi connectivity index (χ4v) is 3.69. The maximum absolute atomic E-state index is 13.0. The van der Waals surface area contributed by atoms with E-state index in [4.69, 9.17) is 9.15 Å². The van der Waals surface area contributed by atoms with E-state index < -0.39 is 0 Å². The number of likely N-dealkylation sites (tertiary alicyclic amines) is 1. The van der Waals surface area contributed by atoms with Crippen LogP contribution in [0.4, 0.5) is 5.69 Å². The molecule has 7 heteroatoms. The van der Waals surface area contributed by atoms with E-state index in [2.05, 4.69) is 10.3 Å². The number of amides is 2. The summed E-state index contributed by atoms with van der Waals surface area (Å²) < 4.78 is 11.2. The third-order valence-corrected chi connectivity index (χ3v) is 5.32. The van der Waals surface area contributed by atoms with Gasteiger partial charge in [-0.15, -0.1) is 0 Å². The number of aryl methyl sites for hydroxylation is 1. The summed E-state index contributed by atoms with van der Waals surface area (Å²) >= 11 is 0. The fraction of sp³-hybridized carbons (Fsp3) is 0.292. The van der Waals surface area contributed by atoms with Crippen LogP contribution in [0.1, 0.15) is 25.0 Å². The van der Waals surface area contributed by atoms with E-state index in [9.17, 15) is 9.59 Å². The Morgan fingerprint density at radius 2 is 2.06 bits per heavy atom. The Balaban J connectivity index is 1.36. The maximum Gasteiger partial charge on any atom is 0.229 e. The van der Waals surface area contributed by atoms with Gasteiger partial charge in [-0.1, -0.05) is 12.1 Å². The number of aromatic nitrogens is 1. The number of carbonyl (C=O) groups excluding carboxylic acids is 2. The minimum atomic E-state index is -0.257. The summed E-state index contributed by atoms with van der Waals surface area (Å²) in [5.41, 5.74) is 0.595. The number of para-hydroxylation sites is 2. The first-order chi connectivity index (χ1) is 15.2. The molecule has 0 aliphatic carbocycles. The summed E-state index contributed by atoms with van der Waals surface area (Å²) in [6.07, 6.45) is 7.40. The van der Waals surface area contributed by atoms with Crippen molar-refractivity contribution in [1.82, 2.24) is 9.88 Å². The van der Waals surface area contributed by atoms with Crippen LogP contribution in [0.15, 0.2) is 71.6 Å². The first kappa shape index (κ1) is 20.7. The molecule has 0 saturated carbocycles. The zero-order valence-corrected chi connectivity index (χ0v) is 17.2. The van der Waals surface area contributed by atoms with Crippen molar-refractivity contribution in [2.75, 3.05) is 18.4 Å². The van der Waals surface area contributed by atoms with Crippen LogP contribution in [0.25, 0.3) is 0 Å². The minimum Gasteiger partial charge on any atom is -0.469 e. The lowest BCUT2D eigenvalue weighted by molar-refractivity contribution is -0.134. The Morgan fingerprint density at radius 3 is 2.87 bits per heavy atom. The second-order valence-electron chi connectivity index (χ2n) is 7.53. The number of hydrogen-bond donors (Lipinski definition) is 1. The third kappa shape index (κ3) is 5.51. The van der Waals surface area contributed by atoms with Gasteiger partial charge in [0.1, 0.15) is 11.5 Å². The molecule has 7 nitrogen and oxygen atoms in total. The van der Waals surface area contributed by atoms with Crippen LogP contribution >= 0.6 is 0 Å². The average Bonchev–Trinajstić information content (AvgIpc) is 3.33. The number of benzene rings is 1. The first-order valence-corrected chi connectivity index (χ1v) is 10.5. The van der Waals surface area contributed by atoms with Crippen molar-refractivity contribution >= 4 is 17.5 Å². The zero-order chi connectivity index (χ0) is 21.5. The number of pyridine rings is 1. The molecule has 160 valence electrons. The summed E-state index contributed by atoms with van der Waals surface area (Å²) in [5, 5.41) is 2.98. The summed E-state index contributed by atoms with van der Waals surface area (Å²) in [5.74, 6) is 1.62. The van der Waals surface area contributed by atoms with Crippen molar-refractivity contribution in [3.63, 3.8) is 0 Å². The molecule has 1 N–H and O–H groups in total. The molecule has 1 atom stereocenters. The molecule has 0 radical (unpaired) electrons. The summed E-state index contributed by atoms with van der Waals surface area (Å²) in [4.78, 5) is 31.4. The predicted octanol–water partition coefficient (Wildman–Crippen LogP) is 4.28. The number of nitrogens with one attached hydrogen (secondary N) is 1. The number of ether oxygens (including phenoxy) is 1. The SMILES string of the molecule is O=C(Nc1ccccc1Oc1cccnc1)C1CCCN(C(=O)CCc2ccco2)C1. The van der Waals surface area contributed by atoms with Gasteiger partial charge >= 0.3 is 0 Å². The van der Waals surface area contributed by atoms with Crippen LogP contribution in [0, 0.1) is 5.92 Å². The number of hydrogen-bond acceptors (Lipinski definition) is 5. The van der Waals surface area contributed by atoms with Gasteiger partial charge in [-0.3, -0.25) is 14.6 Å². The van der Waals surface area contributed by atoms with Crippen molar-refractivity contribution in [2.24, 2.45) is 5.92 Å². The van der Waals surface area contributed by atoms with Crippen molar-refractivity contribution in [1.29, 1.82) is 0 Å². The van der Waals surface area contributed by atoms with Crippen LogP contribution in [0.3, 0.4) is 0 Å². The molecule has 2 amide bonds. The van der Waals surface area contributed by atoms with Gasteiger partial charge in [-0.25, -0.2) is 0 Å². The largest absolute Gasteiger partial charge is 0.469 e. The Labute approximate surface area is 181 Å². The van der Waals surface area contributed by atoms with Crippen LogP contribution in [0.2, 0.25) is 0 Å². The lowest BCUT2D eigenvalue weighted by Gasteiger charge is -2.32.